The molecule has 4 nitrogen and oxygen atoms in total. The lowest BCUT2D eigenvalue weighted by Crippen LogP contribution is -1.88. The lowest BCUT2D eigenvalue weighted by atomic mass is 10.3. The largest absolute Gasteiger partial charge is 0.497 e. The van der Waals surface area contributed by atoms with Crippen molar-refractivity contribution in [3.05, 3.63) is 42.9 Å². The summed E-state index contributed by atoms with van der Waals surface area (Å²) < 4.78 is 10.6. The van der Waals surface area contributed by atoms with Crippen molar-refractivity contribution in [1.82, 2.24) is 9.97 Å². The highest BCUT2D eigenvalue weighted by Crippen LogP contribution is 2.22. The van der Waals surface area contributed by atoms with Crippen LogP contribution in [0.1, 0.15) is 0 Å². The van der Waals surface area contributed by atoms with E-state index in [1.54, 1.807) is 25.4 Å². The van der Waals surface area contributed by atoms with Crippen molar-refractivity contribution in [2.75, 3.05) is 7.11 Å². The minimum absolute atomic E-state index is 0.512. The fourth-order valence-corrected chi connectivity index (χ4v) is 1.12. The first kappa shape index (κ1) is 9.45. The monoisotopic (exact) mass is 202 g/mol. The van der Waals surface area contributed by atoms with Gasteiger partial charge in [-0.15, -0.1) is 0 Å². The molecule has 0 fully saturated rings. The van der Waals surface area contributed by atoms with Crippen molar-refractivity contribution in [1.29, 1.82) is 0 Å². The van der Waals surface area contributed by atoms with E-state index in [9.17, 15) is 0 Å². The Balaban J connectivity index is 2.17. The van der Waals surface area contributed by atoms with Crippen molar-refractivity contribution in [3.63, 3.8) is 0 Å². The minimum Gasteiger partial charge on any atom is -0.497 e. The minimum atomic E-state index is 0.512. The Kier molecular flexibility index (Phi) is 2.78. The molecule has 0 saturated carbocycles. The highest BCUT2D eigenvalue weighted by molar-refractivity contribution is 5.34. The van der Waals surface area contributed by atoms with Crippen LogP contribution in [0, 0.1) is 0 Å². The Bertz CT molecular complexity index is 432. The van der Waals surface area contributed by atoms with Crippen LogP contribution in [-0.2, 0) is 0 Å². The average Bonchev–Trinajstić information content (AvgIpc) is 2.31. The number of hydrogen-bond donors (Lipinski definition) is 0. The van der Waals surface area contributed by atoms with Gasteiger partial charge >= 0.3 is 0 Å². The fraction of sp³-hybridized carbons (Fsp3) is 0.0909. The van der Waals surface area contributed by atoms with Gasteiger partial charge in [0.2, 0.25) is 5.88 Å². The molecule has 0 unspecified atom stereocenters. The summed E-state index contributed by atoms with van der Waals surface area (Å²) >= 11 is 0. The van der Waals surface area contributed by atoms with Crippen molar-refractivity contribution in [2.24, 2.45) is 0 Å². The Hall–Kier alpha value is -2.10. The maximum atomic E-state index is 5.49. The molecule has 0 atom stereocenters. The zero-order valence-corrected chi connectivity index (χ0v) is 8.25. The predicted octanol–water partition coefficient (Wildman–Crippen LogP) is 2.28. The topological polar surface area (TPSA) is 44.2 Å². The standard InChI is InChI=1S/C11H10N2O2/c1-14-9-3-2-4-10(7-9)15-11-5-6-12-8-13-11/h2-8H,1H3. The number of nitrogens with zero attached hydrogens (tertiary/aromatic N) is 2. The third kappa shape index (κ3) is 2.43. The molecule has 2 rings (SSSR count). The maximum Gasteiger partial charge on any atom is 0.222 e. The third-order valence-corrected chi connectivity index (χ3v) is 1.82. The molecule has 1 heterocycles. The molecule has 1 aromatic heterocycles. The van der Waals surface area contributed by atoms with Crippen LogP contribution in [-0.4, -0.2) is 17.1 Å². The van der Waals surface area contributed by atoms with Crippen LogP contribution in [0.5, 0.6) is 17.4 Å². The molecule has 0 N–H and O–H groups in total. The van der Waals surface area contributed by atoms with E-state index in [-0.39, 0.29) is 0 Å². The second-order valence-corrected chi connectivity index (χ2v) is 2.83. The molecule has 76 valence electrons. The third-order valence-electron chi connectivity index (χ3n) is 1.82. The Labute approximate surface area is 87.5 Å². The molecule has 0 bridgehead atoms. The SMILES string of the molecule is COc1cccc(Oc2ccncn2)c1. The van der Waals surface area contributed by atoms with Crippen molar-refractivity contribution >= 4 is 0 Å². The molecule has 0 amide bonds. The quantitative estimate of drug-likeness (QED) is 0.765. The van der Waals surface area contributed by atoms with Crippen LogP contribution >= 0.6 is 0 Å². The van der Waals surface area contributed by atoms with E-state index >= 15 is 0 Å². The van der Waals surface area contributed by atoms with Gasteiger partial charge in [-0.05, 0) is 12.1 Å². The van der Waals surface area contributed by atoms with Gasteiger partial charge in [0.1, 0.15) is 17.8 Å². The summed E-state index contributed by atoms with van der Waals surface area (Å²) in [6, 6.07) is 9.04. The molecular weight excluding hydrogens is 192 g/mol. The van der Waals surface area contributed by atoms with Gasteiger partial charge in [0.25, 0.3) is 0 Å². The van der Waals surface area contributed by atoms with Crippen molar-refractivity contribution in [2.45, 2.75) is 0 Å². The smallest absolute Gasteiger partial charge is 0.222 e. The molecule has 0 aliphatic rings. The van der Waals surface area contributed by atoms with Crippen LogP contribution in [0.15, 0.2) is 42.9 Å². The van der Waals surface area contributed by atoms with E-state index in [1.807, 2.05) is 18.2 Å². The summed E-state index contributed by atoms with van der Waals surface area (Å²) in [7, 11) is 1.61. The number of methoxy groups -OCH3 is 1. The first-order valence-corrected chi connectivity index (χ1v) is 4.46. The van der Waals surface area contributed by atoms with Crippen molar-refractivity contribution < 1.29 is 9.47 Å². The highest BCUT2D eigenvalue weighted by atomic mass is 16.5. The lowest BCUT2D eigenvalue weighted by molar-refractivity contribution is 0.407. The molecule has 4 heteroatoms. The van der Waals surface area contributed by atoms with E-state index in [4.69, 9.17) is 9.47 Å². The molecule has 0 aliphatic heterocycles. The van der Waals surface area contributed by atoms with Gasteiger partial charge in [-0.3, -0.25) is 0 Å². The molecule has 2 aromatic rings. The summed E-state index contributed by atoms with van der Waals surface area (Å²) in [5.74, 6) is 1.95. The van der Waals surface area contributed by atoms with Gasteiger partial charge in [-0.1, -0.05) is 6.07 Å². The van der Waals surface area contributed by atoms with Gasteiger partial charge in [-0.2, -0.15) is 0 Å². The molecule has 0 spiro atoms. The van der Waals surface area contributed by atoms with Crippen molar-refractivity contribution in [3.8, 4) is 17.4 Å². The molecule has 0 radical (unpaired) electrons. The van der Waals surface area contributed by atoms with Crippen LogP contribution < -0.4 is 9.47 Å². The first-order chi connectivity index (χ1) is 7.38. The number of benzene rings is 1. The Morgan fingerprint density at radius 3 is 2.73 bits per heavy atom. The molecule has 0 saturated heterocycles. The van der Waals surface area contributed by atoms with Gasteiger partial charge in [0, 0.05) is 18.3 Å². The van der Waals surface area contributed by atoms with E-state index in [1.165, 1.54) is 6.33 Å². The maximum absolute atomic E-state index is 5.49. The number of hydrogen-bond acceptors (Lipinski definition) is 4. The van der Waals surface area contributed by atoms with Crippen LogP contribution in [0.3, 0.4) is 0 Å². The van der Waals surface area contributed by atoms with Gasteiger partial charge in [0.15, 0.2) is 0 Å². The summed E-state index contributed by atoms with van der Waals surface area (Å²) in [5.41, 5.74) is 0. The van der Waals surface area contributed by atoms with E-state index < -0.39 is 0 Å². The normalized spacial score (nSPS) is 9.67. The van der Waals surface area contributed by atoms with Crippen LogP contribution in [0.25, 0.3) is 0 Å². The summed E-state index contributed by atoms with van der Waals surface area (Å²) in [4.78, 5) is 7.76. The number of ether oxygens (including phenoxy) is 2. The Morgan fingerprint density at radius 2 is 2.00 bits per heavy atom. The van der Waals surface area contributed by atoms with E-state index in [0.717, 1.165) is 5.75 Å². The van der Waals surface area contributed by atoms with Gasteiger partial charge in [0.05, 0.1) is 7.11 Å². The van der Waals surface area contributed by atoms with Crippen LogP contribution in [0.2, 0.25) is 0 Å². The summed E-state index contributed by atoms with van der Waals surface area (Å²) in [6.45, 7) is 0. The predicted molar refractivity (Wildman–Crippen MR) is 55.1 cm³/mol. The van der Waals surface area contributed by atoms with Gasteiger partial charge < -0.3 is 9.47 Å². The lowest BCUT2D eigenvalue weighted by Gasteiger charge is -2.05. The zero-order valence-electron chi connectivity index (χ0n) is 8.25. The van der Waals surface area contributed by atoms with E-state index in [0.29, 0.717) is 11.6 Å². The highest BCUT2D eigenvalue weighted by Gasteiger charge is 1.98. The first-order valence-electron chi connectivity index (χ1n) is 4.46. The fourth-order valence-electron chi connectivity index (χ4n) is 1.12. The molecule has 0 aliphatic carbocycles. The number of aromatic nitrogens is 2. The second kappa shape index (κ2) is 4.41. The van der Waals surface area contributed by atoms with E-state index in [2.05, 4.69) is 9.97 Å². The number of rotatable bonds is 3. The summed E-state index contributed by atoms with van der Waals surface area (Å²) in [5, 5.41) is 0. The average molecular weight is 202 g/mol. The second-order valence-electron chi connectivity index (χ2n) is 2.83. The zero-order chi connectivity index (χ0) is 10.5. The molecule has 1 aromatic carbocycles. The molecule has 15 heavy (non-hydrogen) atoms. The Morgan fingerprint density at radius 1 is 1.13 bits per heavy atom. The molecular formula is C11H10N2O2. The summed E-state index contributed by atoms with van der Waals surface area (Å²) in [6.07, 6.45) is 3.07. The van der Waals surface area contributed by atoms with Crippen LogP contribution in [0.4, 0.5) is 0 Å². The van der Waals surface area contributed by atoms with Gasteiger partial charge in [-0.25, -0.2) is 9.97 Å².